The first-order valence-corrected chi connectivity index (χ1v) is 7.90. The average molecular weight is 319 g/mol. The first kappa shape index (κ1) is 14.5. The first-order valence-electron chi connectivity index (χ1n) is 7.90. The molecule has 3 N–H and O–H groups in total. The number of H-pyrrole nitrogens is 1. The van der Waals surface area contributed by atoms with Gasteiger partial charge in [-0.3, -0.25) is 9.59 Å². The molecule has 2 aromatic carbocycles. The highest BCUT2D eigenvalue weighted by molar-refractivity contribution is 6.10. The van der Waals surface area contributed by atoms with Crippen LogP contribution in [-0.2, 0) is 11.2 Å². The van der Waals surface area contributed by atoms with E-state index < -0.39 is 6.04 Å². The second-order valence-electron chi connectivity index (χ2n) is 6.08. The summed E-state index contributed by atoms with van der Waals surface area (Å²) in [5.74, 6) is -0.413. The third kappa shape index (κ3) is 2.34. The van der Waals surface area contributed by atoms with Crippen molar-refractivity contribution in [3.8, 4) is 0 Å². The number of hydrogen-bond acceptors (Lipinski definition) is 2. The number of aromatic amines is 1. The number of aryl methyl sites for hydroxylation is 1. The number of rotatable bonds is 2. The summed E-state index contributed by atoms with van der Waals surface area (Å²) in [7, 11) is 0. The van der Waals surface area contributed by atoms with Crippen LogP contribution in [0.25, 0.3) is 10.9 Å². The lowest BCUT2D eigenvalue weighted by Crippen LogP contribution is -2.42. The Balaban J connectivity index is 1.67. The van der Waals surface area contributed by atoms with Gasteiger partial charge in [-0.2, -0.15) is 0 Å². The van der Waals surface area contributed by atoms with E-state index in [-0.39, 0.29) is 11.8 Å². The van der Waals surface area contributed by atoms with Crippen LogP contribution >= 0.6 is 0 Å². The molecule has 1 aliphatic rings. The Morgan fingerprint density at radius 3 is 2.75 bits per heavy atom. The SMILES string of the molecule is Cc1cccc2c1C(=O)N[C@H](Cc1c[nH]c3ccccc13)C(=O)N2. The smallest absolute Gasteiger partial charge is 0.254 e. The fourth-order valence-corrected chi connectivity index (χ4v) is 3.25. The van der Waals surface area contributed by atoms with E-state index in [1.165, 1.54) is 0 Å². The van der Waals surface area contributed by atoms with Gasteiger partial charge in [0.05, 0.1) is 11.3 Å². The topological polar surface area (TPSA) is 74.0 Å². The van der Waals surface area contributed by atoms with Crippen molar-refractivity contribution in [2.45, 2.75) is 19.4 Å². The summed E-state index contributed by atoms with van der Waals surface area (Å²) in [5, 5.41) is 6.80. The van der Waals surface area contributed by atoms with Gasteiger partial charge in [0.25, 0.3) is 5.91 Å². The van der Waals surface area contributed by atoms with Crippen molar-refractivity contribution in [2.24, 2.45) is 0 Å². The number of anilines is 1. The highest BCUT2D eigenvalue weighted by Gasteiger charge is 2.29. The maximum Gasteiger partial charge on any atom is 0.254 e. The van der Waals surface area contributed by atoms with Gasteiger partial charge < -0.3 is 15.6 Å². The molecule has 0 saturated carbocycles. The highest BCUT2D eigenvalue weighted by Crippen LogP contribution is 2.24. The van der Waals surface area contributed by atoms with E-state index in [1.807, 2.05) is 49.5 Å². The molecule has 4 rings (SSSR count). The Hall–Kier alpha value is -3.08. The zero-order chi connectivity index (χ0) is 16.7. The summed E-state index contributed by atoms with van der Waals surface area (Å²) in [5.41, 5.74) is 3.98. The predicted octanol–water partition coefficient (Wildman–Crippen LogP) is 2.77. The molecule has 3 aromatic rings. The van der Waals surface area contributed by atoms with Gasteiger partial charge in [0.1, 0.15) is 6.04 Å². The van der Waals surface area contributed by atoms with Crippen molar-refractivity contribution < 1.29 is 9.59 Å². The molecule has 24 heavy (non-hydrogen) atoms. The molecule has 0 bridgehead atoms. The van der Waals surface area contributed by atoms with Crippen molar-refractivity contribution in [1.82, 2.24) is 10.3 Å². The van der Waals surface area contributed by atoms with Crippen LogP contribution in [-0.4, -0.2) is 22.8 Å². The van der Waals surface area contributed by atoms with Crippen molar-refractivity contribution >= 4 is 28.4 Å². The third-order valence-corrected chi connectivity index (χ3v) is 4.48. The zero-order valence-corrected chi connectivity index (χ0v) is 13.2. The summed E-state index contributed by atoms with van der Waals surface area (Å²) in [6.45, 7) is 1.87. The normalized spacial score (nSPS) is 17.1. The van der Waals surface area contributed by atoms with E-state index in [2.05, 4.69) is 15.6 Å². The molecule has 1 atom stereocenters. The van der Waals surface area contributed by atoms with Gasteiger partial charge in [0, 0.05) is 23.5 Å². The van der Waals surface area contributed by atoms with Crippen LogP contribution in [0.4, 0.5) is 5.69 Å². The quantitative estimate of drug-likeness (QED) is 0.679. The minimum absolute atomic E-state index is 0.196. The van der Waals surface area contributed by atoms with Crippen LogP contribution in [0.1, 0.15) is 21.5 Å². The van der Waals surface area contributed by atoms with E-state index in [0.29, 0.717) is 17.7 Å². The standard InChI is InChI=1S/C19H17N3O2/c1-11-5-4-8-15-17(11)19(24)22-16(18(23)21-15)9-12-10-20-14-7-3-2-6-13(12)14/h2-8,10,16,20H,9H2,1H3,(H,21,23)(H,22,24)/t16-/m1/s1. The molecule has 0 spiro atoms. The molecule has 5 nitrogen and oxygen atoms in total. The van der Waals surface area contributed by atoms with Crippen molar-refractivity contribution in [3.05, 3.63) is 65.4 Å². The number of carbonyl (C=O) groups is 2. The minimum Gasteiger partial charge on any atom is -0.361 e. The number of amides is 2. The van der Waals surface area contributed by atoms with E-state index in [1.54, 1.807) is 6.07 Å². The number of aromatic nitrogens is 1. The molecule has 0 unspecified atom stereocenters. The maximum absolute atomic E-state index is 12.6. The van der Waals surface area contributed by atoms with Crippen LogP contribution < -0.4 is 10.6 Å². The van der Waals surface area contributed by atoms with Gasteiger partial charge in [-0.25, -0.2) is 0 Å². The summed E-state index contributed by atoms with van der Waals surface area (Å²) in [6.07, 6.45) is 2.34. The van der Waals surface area contributed by atoms with E-state index >= 15 is 0 Å². The second-order valence-corrected chi connectivity index (χ2v) is 6.08. The molecule has 0 saturated heterocycles. The van der Waals surface area contributed by atoms with E-state index in [4.69, 9.17) is 0 Å². The second kappa shape index (κ2) is 5.53. The Kier molecular flexibility index (Phi) is 3.34. The van der Waals surface area contributed by atoms with Crippen LogP contribution in [0.5, 0.6) is 0 Å². The lowest BCUT2D eigenvalue weighted by molar-refractivity contribution is -0.117. The summed E-state index contributed by atoms with van der Waals surface area (Å²) < 4.78 is 0. The number of carbonyl (C=O) groups excluding carboxylic acids is 2. The van der Waals surface area contributed by atoms with Gasteiger partial charge >= 0.3 is 0 Å². The molecule has 120 valence electrons. The monoisotopic (exact) mass is 319 g/mol. The molecule has 0 fully saturated rings. The minimum atomic E-state index is -0.608. The first-order chi connectivity index (χ1) is 11.6. The molecule has 2 amide bonds. The molecule has 2 heterocycles. The van der Waals surface area contributed by atoms with Crippen molar-refractivity contribution in [1.29, 1.82) is 0 Å². The number of hydrogen-bond donors (Lipinski definition) is 3. The molecule has 0 radical (unpaired) electrons. The van der Waals surface area contributed by atoms with Crippen molar-refractivity contribution in [3.63, 3.8) is 0 Å². The number of fused-ring (bicyclic) bond motifs is 2. The molecular formula is C19H17N3O2. The Morgan fingerprint density at radius 2 is 1.88 bits per heavy atom. The Morgan fingerprint density at radius 1 is 1.04 bits per heavy atom. The maximum atomic E-state index is 12.6. The van der Waals surface area contributed by atoms with Gasteiger partial charge in [-0.05, 0) is 30.2 Å². The summed E-state index contributed by atoms with van der Waals surface area (Å²) >= 11 is 0. The molecular weight excluding hydrogens is 302 g/mol. The van der Waals surface area contributed by atoms with Crippen LogP contribution in [0.3, 0.4) is 0 Å². The fraction of sp³-hybridized carbons (Fsp3) is 0.158. The average Bonchev–Trinajstić information content (AvgIpc) is 2.92. The van der Waals surface area contributed by atoms with E-state index in [0.717, 1.165) is 22.0 Å². The number of benzene rings is 2. The molecule has 1 aliphatic heterocycles. The van der Waals surface area contributed by atoms with Gasteiger partial charge in [0.2, 0.25) is 5.91 Å². The lowest BCUT2D eigenvalue weighted by atomic mass is 10.0. The molecule has 0 aliphatic carbocycles. The van der Waals surface area contributed by atoms with Crippen LogP contribution in [0.15, 0.2) is 48.7 Å². The molecule has 1 aromatic heterocycles. The van der Waals surface area contributed by atoms with Crippen LogP contribution in [0, 0.1) is 6.92 Å². The van der Waals surface area contributed by atoms with Crippen molar-refractivity contribution in [2.75, 3.05) is 5.32 Å². The lowest BCUT2D eigenvalue weighted by Gasteiger charge is -2.14. The fourth-order valence-electron chi connectivity index (χ4n) is 3.25. The van der Waals surface area contributed by atoms with Gasteiger partial charge in [0.15, 0.2) is 0 Å². The number of nitrogens with one attached hydrogen (secondary N) is 3. The van der Waals surface area contributed by atoms with Crippen LogP contribution in [0.2, 0.25) is 0 Å². The molecule has 5 heteroatoms. The summed E-state index contributed by atoms with van der Waals surface area (Å²) in [6, 6.07) is 12.8. The predicted molar refractivity (Wildman–Crippen MR) is 93.1 cm³/mol. The highest BCUT2D eigenvalue weighted by atomic mass is 16.2. The third-order valence-electron chi connectivity index (χ3n) is 4.48. The Bertz CT molecular complexity index is 958. The Labute approximate surface area is 139 Å². The number of para-hydroxylation sites is 1. The van der Waals surface area contributed by atoms with E-state index in [9.17, 15) is 9.59 Å². The van der Waals surface area contributed by atoms with Gasteiger partial charge in [-0.15, -0.1) is 0 Å². The van der Waals surface area contributed by atoms with Gasteiger partial charge in [-0.1, -0.05) is 30.3 Å². The largest absolute Gasteiger partial charge is 0.361 e. The zero-order valence-electron chi connectivity index (χ0n) is 13.2. The summed E-state index contributed by atoms with van der Waals surface area (Å²) in [4.78, 5) is 28.3.